The van der Waals surface area contributed by atoms with E-state index in [1.165, 1.54) is 19.3 Å². The van der Waals surface area contributed by atoms with Gasteiger partial charge in [0, 0.05) is 5.41 Å². The highest BCUT2D eigenvalue weighted by molar-refractivity contribution is 6.03. The number of nitrogens with zero attached hydrogens (tertiary/aromatic N) is 1. The summed E-state index contributed by atoms with van der Waals surface area (Å²) in [5.74, 6) is 0. The SMILES string of the molecule is CCCCCC(C)(C)/C(=N\O)c1ccccc1. The molecule has 0 saturated carbocycles. The molecule has 2 nitrogen and oxygen atoms in total. The second-order valence-electron chi connectivity index (χ2n) is 5.16. The average Bonchev–Trinajstić information content (AvgIpc) is 2.31. The fourth-order valence-corrected chi connectivity index (χ4v) is 2.12. The maximum atomic E-state index is 9.26. The lowest BCUT2D eigenvalue weighted by Gasteiger charge is -2.25. The van der Waals surface area contributed by atoms with Crippen molar-refractivity contribution in [1.82, 2.24) is 0 Å². The van der Waals surface area contributed by atoms with Crippen LogP contribution in [0.4, 0.5) is 0 Å². The van der Waals surface area contributed by atoms with Crippen LogP contribution in [0.15, 0.2) is 35.5 Å². The molecular formula is C15H23NO. The Hall–Kier alpha value is -1.31. The van der Waals surface area contributed by atoms with Gasteiger partial charge in [-0.1, -0.05) is 75.5 Å². The molecule has 0 fully saturated rings. The summed E-state index contributed by atoms with van der Waals surface area (Å²) in [6, 6.07) is 9.92. The Morgan fingerprint density at radius 2 is 1.82 bits per heavy atom. The van der Waals surface area contributed by atoms with Crippen molar-refractivity contribution in [3.63, 3.8) is 0 Å². The predicted molar refractivity (Wildman–Crippen MR) is 72.7 cm³/mol. The van der Waals surface area contributed by atoms with Gasteiger partial charge in [-0.2, -0.15) is 0 Å². The van der Waals surface area contributed by atoms with Crippen LogP contribution in [-0.4, -0.2) is 10.9 Å². The maximum Gasteiger partial charge on any atom is 0.0923 e. The van der Waals surface area contributed by atoms with Crippen molar-refractivity contribution >= 4 is 5.71 Å². The Bertz CT molecular complexity index is 354. The molecule has 1 aromatic rings. The highest BCUT2D eigenvalue weighted by Crippen LogP contribution is 2.29. The largest absolute Gasteiger partial charge is 0.411 e. The van der Waals surface area contributed by atoms with E-state index in [9.17, 15) is 5.21 Å². The summed E-state index contributed by atoms with van der Waals surface area (Å²) >= 11 is 0. The highest BCUT2D eigenvalue weighted by atomic mass is 16.4. The van der Waals surface area contributed by atoms with Crippen LogP contribution in [0, 0.1) is 5.41 Å². The van der Waals surface area contributed by atoms with Crippen LogP contribution >= 0.6 is 0 Å². The van der Waals surface area contributed by atoms with E-state index >= 15 is 0 Å². The van der Waals surface area contributed by atoms with E-state index in [1.807, 2.05) is 30.3 Å². The van der Waals surface area contributed by atoms with Gasteiger partial charge in [-0.25, -0.2) is 0 Å². The third kappa shape index (κ3) is 3.88. The van der Waals surface area contributed by atoms with Crippen molar-refractivity contribution in [2.75, 3.05) is 0 Å². The van der Waals surface area contributed by atoms with Crippen molar-refractivity contribution in [1.29, 1.82) is 0 Å². The summed E-state index contributed by atoms with van der Waals surface area (Å²) in [5.41, 5.74) is 1.72. The first-order valence-electron chi connectivity index (χ1n) is 6.39. The van der Waals surface area contributed by atoms with Crippen molar-refractivity contribution in [3.8, 4) is 0 Å². The molecule has 0 bridgehead atoms. The van der Waals surface area contributed by atoms with Gasteiger partial charge in [0.25, 0.3) is 0 Å². The first kappa shape index (κ1) is 13.8. The van der Waals surface area contributed by atoms with E-state index < -0.39 is 0 Å². The first-order chi connectivity index (χ1) is 8.11. The van der Waals surface area contributed by atoms with Gasteiger partial charge in [-0.15, -0.1) is 0 Å². The highest BCUT2D eigenvalue weighted by Gasteiger charge is 2.26. The summed E-state index contributed by atoms with van der Waals surface area (Å²) in [6.07, 6.45) is 4.68. The molecule has 0 aliphatic heterocycles. The molecule has 94 valence electrons. The van der Waals surface area contributed by atoms with Gasteiger partial charge >= 0.3 is 0 Å². The van der Waals surface area contributed by atoms with Crippen molar-refractivity contribution in [2.24, 2.45) is 10.6 Å². The Labute approximate surface area is 104 Å². The molecule has 0 heterocycles. The topological polar surface area (TPSA) is 32.6 Å². The minimum absolute atomic E-state index is 0.0781. The molecule has 0 aromatic heterocycles. The summed E-state index contributed by atoms with van der Waals surface area (Å²) in [5, 5.41) is 12.8. The molecule has 1 N–H and O–H groups in total. The van der Waals surface area contributed by atoms with Crippen LogP contribution in [0.2, 0.25) is 0 Å². The van der Waals surface area contributed by atoms with Gasteiger partial charge in [0.1, 0.15) is 0 Å². The van der Waals surface area contributed by atoms with Crippen LogP contribution in [0.1, 0.15) is 52.0 Å². The van der Waals surface area contributed by atoms with Crippen LogP contribution in [0.25, 0.3) is 0 Å². The molecule has 0 saturated heterocycles. The minimum atomic E-state index is -0.0781. The molecule has 0 unspecified atom stereocenters. The second kappa shape index (κ2) is 6.43. The Balaban J connectivity index is 2.80. The Kier molecular flexibility index (Phi) is 5.20. The lowest BCUT2D eigenvalue weighted by atomic mass is 9.79. The molecule has 17 heavy (non-hydrogen) atoms. The number of rotatable bonds is 6. The van der Waals surface area contributed by atoms with Gasteiger partial charge in [-0.05, 0) is 12.0 Å². The maximum absolute atomic E-state index is 9.26. The van der Waals surface area contributed by atoms with E-state index in [0.717, 1.165) is 17.7 Å². The Morgan fingerprint density at radius 1 is 1.18 bits per heavy atom. The summed E-state index contributed by atoms with van der Waals surface area (Å²) in [7, 11) is 0. The molecule has 0 spiro atoms. The molecule has 0 aliphatic carbocycles. The molecule has 1 aromatic carbocycles. The van der Waals surface area contributed by atoms with Gasteiger partial charge in [0.2, 0.25) is 0 Å². The third-order valence-electron chi connectivity index (χ3n) is 3.19. The van der Waals surface area contributed by atoms with Crippen molar-refractivity contribution in [2.45, 2.75) is 46.5 Å². The van der Waals surface area contributed by atoms with Crippen LogP contribution in [0.3, 0.4) is 0 Å². The van der Waals surface area contributed by atoms with Crippen LogP contribution < -0.4 is 0 Å². The fourth-order valence-electron chi connectivity index (χ4n) is 2.12. The van der Waals surface area contributed by atoms with E-state index in [4.69, 9.17) is 0 Å². The zero-order valence-electron chi connectivity index (χ0n) is 11.1. The van der Waals surface area contributed by atoms with Gasteiger partial charge in [-0.3, -0.25) is 0 Å². The molecular weight excluding hydrogens is 210 g/mol. The third-order valence-corrected chi connectivity index (χ3v) is 3.19. The Morgan fingerprint density at radius 3 is 2.35 bits per heavy atom. The number of hydrogen-bond acceptors (Lipinski definition) is 2. The summed E-state index contributed by atoms with van der Waals surface area (Å²) in [6.45, 7) is 6.49. The number of hydrogen-bond donors (Lipinski definition) is 1. The number of oxime groups is 1. The van der Waals surface area contributed by atoms with E-state index in [2.05, 4.69) is 25.9 Å². The predicted octanol–water partition coefficient (Wildman–Crippen LogP) is 4.47. The fraction of sp³-hybridized carbons (Fsp3) is 0.533. The molecule has 0 atom stereocenters. The van der Waals surface area contributed by atoms with Crippen LogP contribution in [0.5, 0.6) is 0 Å². The molecule has 1 rings (SSSR count). The molecule has 0 amide bonds. The van der Waals surface area contributed by atoms with Gasteiger partial charge < -0.3 is 5.21 Å². The second-order valence-corrected chi connectivity index (χ2v) is 5.16. The van der Waals surface area contributed by atoms with E-state index in [1.54, 1.807) is 0 Å². The zero-order valence-corrected chi connectivity index (χ0v) is 11.1. The standard InChI is InChI=1S/C15H23NO/c1-4-5-9-12-15(2,3)14(16-17)13-10-7-6-8-11-13/h6-8,10-11,17H,4-5,9,12H2,1-3H3/b16-14-. The summed E-state index contributed by atoms with van der Waals surface area (Å²) < 4.78 is 0. The summed E-state index contributed by atoms with van der Waals surface area (Å²) in [4.78, 5) is 0. The molecule has 0 aliphatic rings. The van der Waals surface area contributed by atoms with Crippen molar-refractivity contribution in [3.05, 3.63) is 35.9 Å². The lowest BCUT2D eigenvalue weighted by molar-refractivity contribution is 0.306. The monoisotopic (exact) mass is 233 g/mol. The normalized spacial score (nSPS) is 12.8. The number of benzene rings is 1. The smallest absolute Gasteiger partial charge is 0.0923 e. The van der Waals surface area contributed by atoms with Gasteiger partial charge in [0.15, 0.2) is 0 Å². The first-order valence-corrected chi connectivity index (χ1v) is 6.39. The quantitative estimate of drug-likeness (QED) is 0.334. The average molecular weight is 233 g/mol. The zero-order chi connectivity index (χ0) is 12.7. The number of unbranched alkanes of at least 4 members (excludes halogenated alkanes) is 2. The minimum Gasteiger partial charge on any atom is -0.411 e. The van der Waals surface area contributed by atoms with Crippen molar-refractivity contribution < 1.29 is 5.21 Å². The van der Waals surface area contributed by atoms with E-state index in [-0.39, 0.29) is 5.41 Å². The molecule has 2 heteroatoms. The molecule has 0 radical (unpaired) electrons. The van der Waals surface area contributed by atoms with Gasteiger partial charge in [0.05, 0.1) is 5.71 Å². The van der Waals surface area contributed by atoms with Crippen LogP contribution in [-0.2, 0) is 0 Å². The van der Waals surface area contributed by atoms with E-state index in [0.29, 0.717) is 0 Å². The lowest BCUT2D eigenvalue weighted by Crippen LogP contribution is -2.25.